The van der Waals surface area contributed by atoms with Crippen LogP contribution in [0.15, 0.2) is 60.9 Å². The molecule has 1 aliphatic heterocycles. The van der Waals surface area contributed by atoms with E-state index in [1.807, 2.05) is 6.07 Å². The number of rotatable bonds is 6. The molecule has 2 aromatic carbocycles. The van der Waals surface area contributed by atoms with Crippen molar-refractivity contribution in [3.8, 4) is 11.1 Å². The van der Waals surface area contributed by atoms with Crippen molar-refractivity contribution in [2.75, 3.05) is 18.5 Å². The first-order valence-electron chi connectivity index (χ1n) is 10.2. The zero-order chi connectivity index (χ0) is 22.5. The van der Waals surface area contributed by atoms with Crippen molar-refractivity contribution in [1.29, 1.82) is 0 Å². The molecular weight excluding hydrogens is 413 g/mol. The van der Waals surface area contributed by atoms with Crippen LogP contribution < -0.4 is 11.1 Å². The Hall–Kier alpha value is -3.62. The number of pyridine rings is 1. The van der Waals surface area contributed by atoms with Gasteiger partial charge in [-0.15, -0.1) is 0 Å². The number of esters is 1. The lowest BCUT2D eigenvalue weighted by atomic mass is 9.95. The van der Waals surface area contributed by atoms with Gasteiger partial charge in [-0.05, 0) is 47.0 Å². The van der Waals surface area contributed by atoms with E-state index in [-0.39, 0.29) is 18.3 Å². The Labute approximate surface area is 184 Å². The Kier molecular flexibility index (Phi) is 6.53. The van der Waals surface area contributed by atoms with E-state index in [4.69, 9.17) is 15.2 Å². The van der Waals surface area contributed by atoms with Crippen molar-refractivity contribution in [2.45, 2.75) is 19.1 Å². The molecule has 0 spiro atoms. The number of halogens is 1. The third kappa shape index (κ3) is 4.82. The number of nitrogens with two attached hydrogens (primary N) is 1. The van der Waals surface area contributed by atoms with Gasteiger partial charge in [0.1, 0.15) is 6.10 Å². The number of nitrogens with zero attached hydrogens (tertiary/aromatic N) is 1. The van der Waals surface area contributed by atoms with Crippen LogP contribution in [0.4, 0.5) is 10.1 Å². The Morgan fingerprint density at radius 2 is 2.06 bits per heavy atom. The Morgan fingerprint density at radius 3 is 2.81 bits per heavy atom. The minimum absolute atomic E-state index is 0.0371. The van der Waals surface area contributed by atoms with Crippen LogP contribution in [0.3, 0.4) is 0 Å². The molecule has 1 fully saturated rings. The fourth-order valence-electron chi connectivity index (χ4n) is 3.47. The van der Waals surface area contributed by atoms with Crippen LogP contribution in [0.2, 0.25) is 0 Å². The summed E-state index contributed by atoms with van der Waals surface area (Å²) in [4.78, 5) is 28.9. The van der Waals surface area contributed by atoms with E-state index in [0.29, 0.717) is 41.9 Å². The SMILES string of the molecule is NCc1ccc(C(=O)Nc2ccncc2F)cc1-c1cccc(C(=O)OC2CCOC2)c1. The molecule has 0 saturated carbocycles. The van der Waals surface area contributed by atoms with E-state index in [9.17, 15) is 14.0 Å². The molecule has 8 heteroatoms. The van der Waals surface area contributed by atoms with Gasteiger partial charge in [0.15, 0.2) is 5.82 Å². The number of carbonyl (C=O) groups is 2. The molecule has 0 aliphatic carbocycles. The van der Waals surface area contributed by atoms with Gasteiger partial charge in [-0.2, -0.15) is 0 Å². The molecule has 1 amide bonds. The highest BCUT2D eigenvalue weighted by Crippen LogP contribution is 2.27. The highest BCUT2D eigenvalue weighted by atomic mass is 19.1. The Morgan fingerprint density at radius 1 is 1.19 bits per heavy atom. The smallest absolute Gasteiger partial charge is 0.338 e. The average molecular weight is 435 g/mol. The topological polar surface area (TPSA) is 104 Å². The summed E-state index contributed by atoms with van der Waals surface area (Å²) in [6.45, 7) is 1.22. The van der Waals surface area contributed by atoms with E-state index in [2.05, 4.69) is 10.3 Å². The molecule has 0 radical (unpaired) electrons. The van der Waals surface area contributed by atoms with Gasteiger partial charge in [0.05, 0.1) is 30.7 Å². The minimum Gasteiger partial charge on any atom is -0.456 e. The van der Waals surface area contributed by atoms with Gasteiger partial charge in [-0.3, -0.25) is 9.78 Å². The lowest BCUT2D eigenvalue weighted by Crippen LogP contribution is -2.18. The third-order valence-corrected chi connectivity index (χ3v) is 5.18. The quantitative estimate of drug-likeness (QED) is 0.574. The van der Waals surface area contributed by atoms with Gasteiger partial charge in [-0.25, -0.2) is 9.18 Å². The molecule has 2 heterocycles. The summed E-state index contributed by atoms with van der Waals surface area (Å²) in [5.74, 6) is -1.53. The summed E-state index contributed by atoms with van der Waals surface area (Å²) in [7, 11) is 0. The molecule has 1 unspecified atom stereocenters. The number of amides is 1. The summed E-state index contributed by atoms with van der Waals surface area (Å²) in [5, 5.41) is 2.54. The fraction of sp³-hybridized carbons (Fsp3) is 0.208. The molecule has 1 aliphatic rings. The van der Waals surface area contributed by atoms with Crippen LogP contribution in [-0.4, -0.2) is 36.2 Å². The molecule has 7 nitrogen and oxygen atoms in total. The molecule has 0 bridgehead atoms. The van der Waals surface area contributed by atoms with Crippen molar-refractivity contribution in [1.82, 2.24) is 4.98 Å². The molecule has 32 heavy (non-hydrogen) atoms. The second kappa shape index (κ2) is 9.67. The highest BCUT2D eigenvalue weighted by Gasteiger charge is 2.21. The van der Waals surface area contributed by atoms with E-state index >= 15 is 0 Å². The predicted molar refractivity (Wildman–Crippen MR) is 117 cm³/mol. The maximum atomic E-state index is 13.8. The molecule has 3 N–H and O–H groups in total. The minimum atomic E-state index is -0.626. The first-order valence-corrected chi connectivity index (χ1v) is 10.2. The number of benzene rings is 2. The number of nitrogens with one attached hydrogen (secondary N) is 1. The number of aromatic nitrogens is 1. The van der Waals surface area contributed by atoms with Crippen LogP contribution in [0.1, 0.15) is 32.7 Å². The van der Waals surface area contributed by atoms with Gasteiger partial charge in [0.25, 0.3) is 5.91 Å². The Bertz CT molecular complexity index is 1150. The lowest BCUT2D eigenvalue weighted by Gasteiger charge is -2.14. The van der Waals surface area contributed by atoms with Crippen LogP contribution in [0.5, 0.6) is 0 Å². The van der Waals surface area contributed by atoms with Crippen molar-refractivity contribution in [3.05, 3.63) is 83.4 Å². The maximum Gasteiger partial charge on any atom is 0.338 e. The Balaban J connectivity index is 1.60. The average Bonchev–Trinajstić information content (AvgIpc) is 3.33. The summed E-state index contributed by atoms with van der Waals surface area (Å²) in [6.07, 6.45) is 2.86. The van der Waals surface area contributed by atoms with Gasteiger partial charge < -0.3 is 20.5 Å². The number of ether oxygens (including phenoxy) is 2. The summed E-state index contributed by atoms with van der Waals surface area (Å²) in [5.41, 5.74) is 8.87. The fourth-order valence-corrected chi connectivity index (χ4v) is 3.47. The lowest BCUT2D eigenvalue weighted by molar-refractivity contribution is 0.0270. The second-order valence-corrected chi connectivity index (χ2v) is 7.36. The predicted octanol–water partition coefficient (Wildman–Crippen LogP) is 3.54. The number of carbonyl (C=O) groups excluding carboxylic acids is 2. The van der Waals surface area contributed by atoms with Gasteiger partial charge in [-0.1, -0.05) is 18.2 Å². The largest absolute Gasteiger partial charge is 0.456 e. The molecule has 1 saturated heterocycles. The second-order valence-electron chi connectivity index (χ2n) is 7.36. The summed E-state index contributed by atoms with van der Waals surface area (Å²) >= 11 is 0. The first kappa shape index (κ1) is 21.6. The number of anilines is 1. The zero-order valence-corrected chi connectivity index (χ0v) is 17.2. The molecule has 1 atom stereocenters. The number of hydrogen-bond acceptors (Lipinski definition) is 6. The van der Waals surface area contributed by atoms with Crippen molar-refractivity contribution in [2.24, 2.45) is 5.73 Å². The molecule has 3 aromatic rings. The van der Waals surface area contributed by atoms with E-state index < -0.39 is 17.7 Å². The molecule has 164 valence electrons. The number of hydrogen-bond donors (Lipinski definition) is 2. The van der Waals surface area contributed by atoms with Crippen LogP contribution >= 0.6 is 0 Å². The zero-order valence-electron chi connectivity index (χ0n) is 17.2. The van der Waals surface area contributed by atoms with Crippen LogP contribution in [0.25, 0.3) is 11.1 Å². The first-order chi connectivity index (χ1) is 15.5. The van der Waals surface area contributed by atoms with Gasteiger partial charge in [0, 0.05) is 24.7 Å². The highest BCUT2D eigenvalue weighted by molar-refractivity contribution is 6.05. The van der Waals surface area contributed by atoms with E-state index in [1.54, 1.807) is 36.4 Å². The standard InChI is InChI=1S/C24H22FN3O4/c25-21-13-27-8-6-22(21)28-23(29)16-4-5-18(12-26)20(11-16)15-2-1-3-17(10-15)24(30)32-19-7-9-31-14-19/h1-6,8,10-11,13,19H,7,9,12,14,26H2,(H,27,28,29). The van der Waals surface area contributed by atoms with Crippen molar-refractivity contribution >= 4 is 17.6 Å². The van der Waals surface area contributed by atoms with Crippen molar-refractivity contribution < 1.29 is 23.5 Å². The van der Waals surface area contributed by atoms with E-state index in [0.717, 1.165) is 11.8 Å². The maximum absolute atomic E-state index is 13.8. The van der Waals surface area contributed by atoms with E-state index in [1.165, 1.54) is 12.3 Å². The van der Waals surface area contributed by atoms with Gasteiger partial charge in [0.2, 0.25) is 0 Å². The van der Waals surface area contributed by atoms with Gasteiger partial charge >= 0.3 is 5.97 Å². The summed E-state index contributed by atoms with van der Waals surface area (Å²) in [6, 6.07) is 13.4. The third-order valence-electron chi connectivity index (χ3n) is 5.18. The van der Waals surface area contributed by atoms with Crippen LogP contribution in [-0.2, 0) is 16.0 Å². The molecule has 1 aromatic heterocycles. The normalized spacial score (nSPS) is 15.4. The molecule has 4 rings (SSSR count). The monoisotopic (exact) mass is 435 g/mol. The van der Waals surface area contributed by atoms with Crippen molar-refractivity contribution in [3.63, 3.8) is 0 Å². The molecular formula is C24H22FN3O4. The summed E-state index contributed by atoms with van der Waals surface area (Å²) < 4.78 is 24.6. The van der Waals surface area contributed by atoms with Crippen LogP contribution in [0, 0.1) is 5.82 Å².